The van der Waals surface area contributed by atoms with Crippen LogP contribution in [-0.4, -0.2) is 56.2 Å². The molecule has 0 radical (unpaired) electrons. The molecule has 30 heavy (non-hydrogen) atoms. The second-order valence-electron chi connectivity index (χ2n) is 6.84. The van der Waals surface area contributed by atoms with Crippen LogP contribution in [-0.2, 0) is 0 Å². The molecule has 0 aliphatic carbocycles. The highest BCUT2D eigenvalue weighted by atomic mass is 35.5. The SMILES string of the molecule is COc1ccc(-c2nc(C(=O)N3CCN(c4ccccc4Cl)CC3)cs2)cc1OC. The van der Waals surface area contributed by atoms with Crippen molar-refractivity contribution in [3.63, 3.8) is 0 Å². The van der Waals surface area contributed by atoms with Crippen LogP contribution in [0, 0.1) is 0 Å². The van der Waals surface area contributed by atoms with Crippen LogP contribution < -0.4 is 14.4 Å². The highest BCUT2D eigenvalue weighted by Crippen LogP contribution is 2.34. The number of amides is 1. The number of ether oxygens (including phenoxy) is 2. The van der Waals surface area contributed by atoms with Gasteiger partial charge in [-0.05, 0) is 30.3 Å². The molecule has 8 heteroatoms. The third-order valence-corrected chi connectivity index (χ3v) is 6.32. The summed E-state index contributed by atoms with van der Waals surface area (Å²) in [5.74, 6) is 1.25. The highest BCUT2D eigenvalue weighted by Gasteiger charge is 2.25. The lowest BCUT2D eigenvalue weighted by atomic mass is 10.2. The van der Waals surface area contributed by atoms with E-state index in [9.17, 15) is 4.79 Å². The van der Waals surface area contributed by atoms with Gasteiger partial charge in [0.15, 0.2) is 11.5 Å². The van der Waals surface area contributed by atoms with Gasteiger partial charge in [-0.3, -0.25) is 4.79 Å². The number of thiazole rings is 1. The molecule has 4 rings (SSSR count). The van der Waals surface area contributed by atoms with Gasteiger partial charge in [0.2, 0.25) is 0 Å². The van der Waals surface area contributed by atoms with Gasteiger partial charge in [0.1, 0.15) is 10.7 Å². The molecule has 6 nitrogen and oxygen atoms in total. The van der Waals surface area contributed by atoms with Crippen molar-refractivity contribution in [3.05, 3.63) is 58.6 Å². The van der Waals surface area contributed by atoms with Crippen LogP contribution in [0.1, 0.15) is 10.5 Å². The zero-order chi connectivity index (χ0) is 21.1. The van der Waals surface area contributed by atoms with Gasteiger partial charge in [-0.1, -0.05) is 23.7 Å². The summed E-state index contributed by atoms with van der Waals surface area (Å²) in [6, 6.07) is 13.4. The van der Waals surface area contributed by atoms with Crippen LogP contribution in [0.2, 0.25) is 5.02 Å². The van der Waals surface area contributed by atoms with Gasteiger partial charge in [0, 0.05) is 37.1 Å². The molecular formula is C22H22ClN3O3S. The monoisotopic (exact) mass is 443 g/mol. The predicted octanol–water partition coefficient (Wildman–Crippen LogP) is 4.44. The molecule has 0 N–H and O–H groups in total. The predicted molar refractivity (Wildman–Crippen MR) is 120 cm³/mol. The van der Waals surface area contributed by atoms with Crippen molar-refractivity contribution in [2.75, 3.05) is 45.3 Å². The first-order valence-corrected chi connectivity index (χ1v) is 10.8. The van der Waals surface area contributed by atoms with Gasteiger partial charge >= 0.3 is 0 Å². The third-order valence-electron chi connectivity index (χ3n) is 5.11. The minimum Gasteiger partial charge on any atom is -0.493 e. The van der Waals surface area contributed by atoms with Gasteiger partial charge in [0.25, 0.3) is 5.91 Å². The maximum Gasteiger partial charge on any atom is 0.273 e. The zero-order valence-electron chi connectivity index (χ0n) is 16.8. The number of halogens is 1. The summed E-state index contributed by atoms with van der Waals surface area (Å²) in [5.41, 5.74) is 2.37. The lowest BCUT2D eigenvalue weighted by Gasteiger charge is -2.36. The molecule has 1 amide bonds. The molecule has 1 aromatic heterocycles. The van der Waals surface area contributed by atoms with Crippen molar-refractivity contribution in [2.45, 2.75) is 0 Å². The van der Waals surface area contributed by atoms with E-state index in [-0.39, 0.29) is 5.91 Å². The maximum atomic E-state index is 13.0. The topological polar surface area (TPSA) is 54.9 Å². The summed E-state index contributed by atoms with van der Waals surface area (Å²) in [5, 5.41) is 3.32. The fourth-order valence-corrected chi connectivity index (χ4v) is 4.54. The fourth-order valence-electron chi connectivity index (χ4n) is 3.49. The van der Waals surface area contributed by atoms with E-state index in [1.807, 2.05) is 52.7 Å². The zero-order valence-corrected chi connectivity index (χ0v) is 18.4. The lowest BCUT2D eigenvalue weighted by molar-refractivity contribution is 0.0742. The number of aromatic nitrogens is 1. The Bertz CT molecular complexity index is 1050. The first-order valence-electron chi connectivity index (χ1n) is 9.57. The Morgan fingerprint density at radius 1 is 1.03 bits per heavy atom. The minimum absolute atomic E-state index is 0.0446. The second kappa shape index (κ2) is 8.93. The Morgan fingerprint density at radius 2 is 1.77 bits per heavy atom. The van der Waals surface area contributed by atoms with E-state index in [4.69, 9.17) is 21.1 Å². The van der Waals surface area contributed by atoms with Crippen LogP contribution in [0.5, 0.6) is 11.5 Å². The second-order valence-corrected chi connectivity index (χ2v) is 8.10. The van der Waals surface area contributed by atoms with Crippen molar-refractivity contribution in [3.8, 4) is 22.1 Å². The normalized spacial score (nSPS) is 14.0. The number of nitrogens with zero attached hydrogens (tertiary/aromatic N) is 3. The Kier molecular flexibility index (Phi) is 6.11. The summed E-state index contributed by atoms with van der Waals surface area (Å²) in [4.78, 5) is 21.6. The van der Waals surface area contributed by atoms with Crippen LogP contribution in [0.25, 0.3) is 10.6 Å². The summed E-state index contributed by atoms with van der Waals surface area (Å²) in [6.45, 7) is 2.74. The molecule has 0 saturated carbocycles. The summed E-state index contributed by atoms with van der Waals surface area (Å²) >= 11 is 7.75. The summed E-state index contributed by atoms with van der Waals surface area (Å²) < 4.78 is 10.6. The molecule has 2 aromatic carbocycles. The first kappa shape index (κ1) is 20.5. The molecule has 0 spiro atoms. The third kappa shape index (κ3) is 4.08. The van der Waals surface area contributed by atoms with Gasteiger partial charge < -0.3 is 19.3 Å². The molecule has 0 unspecified atom stereocenters. The average Bonchev–Trinajstić information content (AvgIpc) is 3.29. The summed E-state index contributed by atoms with van der Waals surface area (Å²) in [7, 11) is 3.20. The van der Waals surface area contributed by atoms with E-state index >= 15 is 0 Å². The van der Waals surface area contributed by atoms with E-state index < -0.39 is 0 Å². The number of carbonyl (C=O) groups is 1. The number of rotatable bonds is 5. The van der Waals surface area contributed by atoms with Crippen molar-refractivity contribution in [2.24, 2.45) is 0 Å². The van der Waals surface area contributed by atoms with E-state index in [1.165, 1.54) is 11.3 Å². The largest absolute Gasteiger partial charge is 0.493 e. The van der Waals surface area contributed by atoms with Crippen LogP contribution in [0.4, 0.5) is 5.69 Å². The fraction of sp³-hybridized carbons (Fsp3) is 0.273. The van der Waals surface area contributed by atoms with E-state index in [2.05, 4.69) is 9.88 Å². The number of methoxy groups -OCH3 is 2. The van der Waals surface area contributed by atoms with Gasteiger partial charge in [-0.15, -0.1) is 11.3 Å². The highest BCUT2D eigenvalue weighted by molar-refractivity contribution is 7.13. The molecule has 1 saturated heterocycles. The molecule has 2 heterocycles. The minimum atomic E-state index is -0.0446. The average molecular weight is 444 g/mol. The molecule has 0 atom stereocenters. The Hall–Kier alpha value is -2.77. The molecule has 1 aliphatic heterocycles. The van der Waals surface area contributed by atoms with E-state index in [0.29, 0.717) is 30.3 Å². The number of para-hydroxylation sites is 1. The van der Waals surface area contributed by atoms with Gasteiger partial charge in [0.05, 0.1) is 24.9 Å². The van der Waals surface area contributed by atoms with Crippen molar-refractivity contribution in [1.82, 2.24) is 9.88 Å². The summed E-state index contributed by atoms with van der Waals surface area (Å²) in [6.07, 6.45) is 0. The molecule has 156 valence electrons. The number of hydrogen-bond donors (Lipinski definition) is 0. The van der Waals surface area contributed by atoms with Crippen LogP contribution in [0.3, 0.4) is 0 Å². The number of benzene rings is 2. The van der Waals surface area contributed by atoms with Crippen molar-refractivity contribution in [1.29, 1.82) is 0 Å². The van der Waals surface area contributed by atoms with Crippen LogP contribution >= 0.6 is 22.9 Å². The first-order chi connectivity index (χ1) is 14.6. The Balaban J connectivity index is 1.44. The Morgan fingerprint density at radius 3 is 2.47 bits per heavy atom. The van der Waals surface area contributed by atoms with E-state index in [0.717, 1.165) is 34.4 Å². The van der Waals surface area contributed by atoms with Gasteiger partial charge in [-0.2, -0.15) is 0 Å². The number of anilines is 1. The number of hydrogen-bond acceptors (Lipinski definition) is 6. The van der Waals surface area contributed by atoms with Crippen molar-refractivity contribution >= 4 is 34.5 Å². The molecular weight excluding hydrogens is 422 g/mol. The molecule has 0 bridgehead atoms. The smallest absolute Gasteiger partial charge is 0.273 e. The van der Waals surface area contributed by atoms with Crippen molar-refractivity contribution < 1.29 is 14.3 Å². The van der Waals surface area contributed by atoms with Crippen LogP contribution in [0.15, 0.2) is 47.8 Å². The maximum absolute atomic E-state index is 13.0. The number of carbonyl (C=O) groups excluding carboxylic acids is 1. The lowest BCUT2D eigenvalue weighted by Crippen LogP contribution is -2.49. The standard InChI is InChI=1S/C22H22ClN3O3S/c1-28-19-8-7-15(13-20(19)29-2)21-24-17(14-30-21)22(27)26-11-9-25(10-12-26)18-6-4-3-5-16(18)23/h3-8,13-14H,9-12H2,1-2H3. The molecule has 1 fully saturated rings. The van der Waals surface area contributed by atoms with Gasteiger partial charge in [-0.25, -0.2) is 4.98 Å². The number of piperazine rings is 1. The molecule has 3 aromatic rings. The van der Waals surface area contributed by atoms with E-state index in [1.54, 1.807) is 14.2 Å². The quantitative estimate of drug-likeness (QED) is 0.583. The Labute approximate surface area is 184 Å². The molecule has 1 aliphatic rings.